The highest BCUT2D eigenvalue weighted by Gasteiger charge is 2.12. The molecule has 0 spiro atoms. The second-order valence-corrected chi connectivity index (χ2v) is 4.99. The average Bonchev–Trinajstić information content (AvgIpc) is 2.36. The summed E-state index contributed by atoms with van der Waals surface area (Å²) in [6.45, 7) is 4.15. The first kappa shape index (κ1) is 16.0. The van der Waals surface area contributed by atoms with Crippen LogP contribution in [0.25, 0.3) is 10.8 Å². The molecule has 2 rings (SSSR count). The number of fused-ring (bicyclic) bond motifs is 1. The Kier molecular flexibility index (Phi) is 5.14. The Morgan fingerprint density at radius 3 is 2.45 bits per heavy atom. The molecule has 0 saturated heterocycles. The van der Waals surface area contributed by atoms with E-state index in [1.54, 1.807) is 7.11 Å². The zero-order chi connectivity index (χ0) is 14.0. The molecule has 2 aromatic rings. The van der Waals surface area contributed by atoms with Crippen LogP contribution in [0.1, 0.15) is 38.3 Å². The van der Waals surface area contributed by atoms with Gasteiger partial charge in [0.2, 0.25) is 0 Å². The number of aliphatic carboxylic acids is 1. The van der Waals surface area contributed by atoms with Crippen molar-refractivity contribution in [1.82, 2.24) is 0 Å². The maximum absolute atomic E-state index is 11.0. The summed E-state index contributed by atoms with van der Waals surface area (Å²) in [6, 6.07) is 9.87. The van der Waals surface area contributed by atoms with Crippen LogP contribution in [-0.2, 0) is 11.2 Å². The van der Waals surface area contributed by atoms with Gasteiger partial charge in [-0.25, -0.2) is 0 Å². The topological polar surface area (TPSA) is 46.5 Å². The third-order valence-corrected chi connectivity index (χ3v) is 3.27. The number of hydrogen-bond donors (Lipinski definition) is 1. The molecule has 0 aromatic heterocycles. The highest BCUT2D eigenvalue weighted by atomic mass is 16.5. The third-order valence-electron chi connectivity index (χ3n) is 3.27. The van der Waals surface area contributed by atoms with Crippen LogP contribution in [0.2, 0.25) is 0 Å². The van der Waals surface area contributed by atoms with E-state index in [-0.39, 0.29) is 13.8 Å². The molecule has 0 fully saturated rings. The Bertz CT molecular complexity index is 615. The molecule has 20 heavy (non-hydrogen) atoms. The zero-order valence-electron chi connectivity index (χ0n) is 11.4. The highest BCUT2D eigenvalue weighted by Crippen LogP contribution is 2.28. The zero-order valence-corrected chi connectivity index (χ0v) is 11.4. The molecule has 1 N–H and O–H groups in total. The average molecular weight is 274 g/mol. The number of carboxylic acid groups (broad SMARTS) is 1. The van der Waals surface area contributed by atoms with E-state index in [1.807, 2.05) is 24.3 Å². The minimum absolute atomic E-state index is 0. The van der Waals surface area contributed by atoms with Crippen molar-refractivity contribution in [1.29, 1.82) is 0 Å². The monoisotopic (exact) mass is 274 g/mol. The van der Waals surface area contributed by atoms with Crippen molar-refractivity contribution in [2.24, 2.45) is 0 Å². The van der Waals surface area contributed by atoms with E-state index >= 15 is 0 Å². The number of benzene rings is 2. The van der Waals surface area contributed by atoms with Gasteiger partial charge in [-0.1, -0.05) is 39.5 Å². The van der Waals surface area contributed by atoms with Gasteiger partial charge in [0.25, 0.3) is 0 Å². The number of methoxy groups -OCH3 is 1. The van der Waals surface area contributed by atoms with Crippen molar-refractivity contribution < 1.29 is 14.6 Å². The Balaban J connectivity index is 0.00000200. The molecule has 0 atom stereocenters. The number of carboxylic acids is 1. The fourth-order valence-electron chi connectivity index (χ4n) is 2.32. The predicted molar refractivity (Wildman–Crippen MR) is 82.7 cm³/mol. The number of ether oxygens (including phenoxy) is 1. The molecule has 3 nitrogen and oxygen atoms in total. The standard InChI is InChI=1S/C16H18O3.CH4/c1-10(2)15-8-12-7-14(19-3)5-4-11(12)6-13(15)9-16(17)18;/h4-8,10H,9H2,1-3H3,(H,17,18);1H4. The molecule has 2 aromatic carbocycles. The first-order chi connectivity index (χ1) is 9.01. The summed E-state index contributed by atoms with van der Waals surface area (Å²) in [4.78, 5) is 11.0. The van der Waals surface area contributed by atoms with Crippen molar-refractivity contribution in [3.63, 3.8) is 0 Å². The quantitative estimate of drug-likeness (QED) is 0.907. The summed E-state index contributed by atoms with van der Waals surface area (Å²) in [7, 11) is 1.64. The summed E-state index contributed by atoms with van der Waals surface area (Å²) >= 11 is 0. The van der Waals surface area contributed by atoms with Gasteiger partial charge in [-0.15, -0.1) is 0 Å². The maximum Gasteiger partial charge on any atom is 0.307 e. The minimum atomic E-state index is -0.797. The molecule has 0 unspecified atom stereocenters. The van der Waals surface area contributed by atoms with Crippen LogP contribution < -0.4 is 4.74 Å². The fourth-order valence-corrected chi connectivity index (χ4v) is 2.32. The maximum atomic E-state index is 11.0. The van der Waals surface area contributed by atoms with Gasteiger partial charge < -0.3 is 9.84 Å². The van der Waals surface area contributed by atoms with Crippen molar-refractivity contribution in [2.45, 2.75) is 33.6 Å². The van der Waals surface area contributed by atoms with E-state index in [2.05, 4.69) is 19.9 Å². The van der Waals surface area contributed by atoms with Crippen LogP contribution >= 0.6 is 0 Å². The lowest BCUT2D eigenvalue weighted by molar-refractivity contribution is -0.136. The van der Waals surface area contributed by atoms with Crippen LogP contribution in [0, 0.1) is 0 Å². The van der Waals surface area contributed by atoms with Gasteiger partial charge in [0.05, 0.1) is 13.5 Å². The molecule has 3 heteroatoms. The first-order valence-electron chi connectivity index (χ1n) is 6.33. The number of hydrogen-bond acceptors (Lipinski definition) is 2. The van der Waals surface area contributed by atoms with Gasteiger partial charge in [0.15, 0.2) is 0 Å². The van der Waals surface area contributed by atoms with Crippen LogP contribution in [0.4, 0.5) is 0 Å². The third kappa shape index (κ3) is 3.29. The van der Waals surface area contributed by atoms with E-state index in [0.29, 0.717) is 5.92 Å². The Hall–Kier alpha value is -2.03. The lowest BCUT2D eigenvalue weighted by Crippen LogP contribution is -2.05. The lowest BCUT2D eigenvalue weighted by atomic mass is 9.92. The summed E-state index contributed by atoms with van der Waals surface area (Å²) in [5.41, 5.74) is 1.98. The summed E-state index contributed by atoms with van der Waals surface area (Å²) in [5, 5.41) is 11.1. The molecule has 108 valence electrons. The molecule has 0 saturated carbocycles. The normalized spacial score (nSPS) is 10.4. The van der Waals surface area contributed by atoms with Gasteiger partial charge in [-0.05, 0) is 39.9 Å². The van der Waals surface area contributed by atoms with Gasteiger partial charge in [-0.2, -0.15) is 0 Å². The fraction of sp³-hybridized carbons (Fsp3) is 0.353. The smallest absolute Gasteiger partial charge is 0.307 e. The van der Waals surface area contributed by atoms with E-state index in [9.17, 15) is 4.79 Å². The van der Waals surface area contributed by atoms with Gasteiger partial charge >= 0.3 is 5.97 Å². The van der Waals surface area contributed by atoms with Crippen molar-refractivity contribution >= 4 is 16.7 Å². The summed E-state index contributed by atoms with van der Waals surface area (Å²) in [6.07, 6.45) is 0.0650. The van der Waals surface area contributed by atoms with Crippen LogP contribution in [0.15, 0.2) is 30.3 Å². The Morgan fingerprint density at radius 2 is 1.90 bits per heavy atom. The van der Waals surface area contributed by atoms with Crippen LogP contribution in [-0.4, -0.2) is 18.2 Å². The second kappa shape index (κ2) is 6.42. The molecule has 0 aliphatic carbocycles. The highest BCUT2D eigenvalue weighted by molar-refractivity contribution is 5.86. The first-order valence-corrected chi connectivity index (χ1v) is 6.33. The van der Waals surface area contributed by atoms with E-state index < -0.39 is 5.97 Å². The molecular weight excluding hydrogens is 252 g/mol. The van der Waals surface area contributed by atoms with E-state index in [1.165, 1.54) is 0 Å². The number of carbonyl (C=O) groups is 1. The molecule has 0 bridgehead atoms. The molecule has 0 radical (unpaired) electrons. The van der Waals surface area contributed by atoms with Crippen molar-refractivity contribution in [3.05, 3.63) is 41.5 Å². The SMILES string of the molecule is C.COc1ccc2cc(CC(=O)O)c(C(C)C)cc2c1. The van der Waals surface area contributed by atoms with Crippen LogP contribution in [0.3, 0.4) is 0 Å². The second-order valence-electron chi connectivity index (χ2n) is 4.99. The molecule has 0 aliphatic heterocycles. The van der Waals surface area contributed by atoms with Gasteiger partial charge in [0, 0.05) is 0 Å². The molecule has 0 amide bonds. The van der Waals surface area contributed by atoms with Crippen LogP contribution in [0.5, 0.6) is 5.75 Å². The summed E-state index contributed by atoms with van der Waals surface area (Å²) in [5.74, 6) is 0.313. The Labute approximate surface area is 120 Å². The molecular formula is C17H22O3. The van der Waals surface area contributed by atoms with Crippen molar-refractivity contribution in [3.8, 4) is 5.75 Å². The van der Waals surface area contributed by atoms with E-state index in [4.69, 9.17) is 9.84 Å². The predicted octanol–water partition coefficient (Wildman–Crippen LogP) is 4.24. The lowest BCUT2D eigenvalue weighted by Gasteiger charge is -2.14. The largest absolute Gasteiger partial charge is 0.497 e. The molecule has 0 aliphatic rings. The molecule has 0 heterocycles. The van der Waals surface area contributed by atoms with E-state index in [0.717, 1.165) is 27.6 Å². The summed E-state index contributed by atoms with van der Waals surface area (Å²) < 4.78 is 5.22. The minimum Gasteiger partial charge on any atom is -0.497 e. The number of rotatable bonds is 4. The van der Waals surface area contributed by atoms with Crippen molar-refractivity contribution in [2.75, 3.05) is 7.11 Å². The Morgan fingerprint density at radius 1 is 1.20 bits per heavy atom. The van der Waals surface area contributed by atoms with Gasteiger partial charge in [-0.3, -0.25) is 4.79 Å². The van der Waals surface area contributed by atoms with Gasteiger partial charge in [0.1, 0.15) is 5.75 Å².